The van der Waals surface area contributed by atoms with Gasteiger partial charge in [0.05, 0.1) is 5.52 Å². The second-order valence-electron chi connectivity index (χ2n) is 5.70. The van der Waals surface area contributed by atoms with Gasteiger partial charge in [0.2, 0.25) is 0 Å². The van der Waals surface area contributed by atoms with E-state index in [0.29, 0.717) is 5.82 Å². The maximum atomic E-state index is 6.05. The molecule has 0 aliphatic rings. The van der Waals surface area contributed by atoms with Crippen LogP contribution in [0, 0.1) is 18.8 Å². The predicted molar refractivity (Wildman–Crippen MR) is 98.6 cm³/mol. The molecule has 114 valence electrons. The molecule has 3 heteroatoms. The van der Waals surface area contributed by atoms with Gasteiger partial charge in [-0.15, -0.1) is 0 Å². The van der Waals surface area contributed by atoms with E-state index in [0.717, 1.165) is 38.5 Å². The van der Waals surface area contributed by atoms with Crippen LogP contribution in [0.5, 0.6) is 0 Å². The number of rotatable bonds is 0. The lowest BCUT2D eigenvalue weighted by Crippen LogP contribution is -1.95. The molecular weight excluding hydrogens is 294 g/mol. The molecule has 4 rings (SSSR count). The topological polar surface area (TPSA) is 51.8 Å². The van der Waals surface area contributed by atoms with E-state index >= 15 is 0 Å². The first-order valence-corrected chi connectivity index (χ1v) is 7.74. The molecule has 0 unspecified atom stereocenters. The molecule has 2 aromatic carbocycles. The zero-order chi connectivity index (χ0) is 16.5. The van der Waals surface area contributed by atoms with Crippen molar-refractivity contribution in [2.75, 3.05) is 5.73 Å². The number of hydrogen-bond donors (Lipinski definition) is 1. The van der Waals surface area contributed by atoms with Crippen molar-refractivity contribution in [3.63, 3.8) is 0 Å². The fourth-order valence-corrected chi connectivity index (χ4v) is 2.78. The van der Waals surface area contributed by atoms with Gasteiger partial charge < -0.3 is 5.73 Å². The first kappa shape index (κ1) is 14.2. The Morgan fingerprint density at radius 1 is 0.917 bits per heavy atom. The molecule has 0 aliphatic heterocycles. The molecule has 0 spiro atoms. The van der Waals surface area contributed by atoms with Crippen LogP contribution in [0.3, 0.4) is 0 Å². The summed E-state index contributed by atoms with van der Waals surface area (Å²) in [6, 6.07) is 18.1. The standard InChI is InChI=1S/C21H15N3/c1-14-6-2-3-7-16(14)11-10-15-12-18-17-8-4-5-9-19(17)24-21(22)20(18)23-13-15/h2-9,12-13H,1H3,(H2,22,24). The van der Waals surface area contributed by atoms with Crippen molar-refractivity contribution in [1.29, 1.82) is 0 Å². The van der Waals surface area contributed by atoms with Crippen molar-refractivity contribution >= 4 is 27.6 Å². The van der Waals surface area contributed by atoms with E-state index in [4.69, 9.17) is 5.73 Å². The van der Waals surface area contributed by atoms with Crippen molar-refractivity contribution in [3.8, 4) is 11.8 Å². The molecule has 24 heavy (non-hydrogen) atoms. The molecule has 0 bridgehead atoms. The zero-order valence-corrected chi connectivity index (χ0v) is 13.2. The van der Waals surface area contributed by atoms with Crippen LogP contribution in [0.2, 0.25) is 0 Å². The van der Waals surface area contributed by atoms with Crippen LogP contribution in [0.1, 0.15) is 16.7 Å². The quantitative estimate of drug-likeness (QED) is 0.393. The first-order valence-electron chi connectivity index (χ1n) is 7.74. The van der Waals surface area contributed by atoms with Gasteiger partial charge in [-0.3, -0.25) is 4.98 Å². The molecule has 3 nitrogen and oxygen atoms in total. The van der Waals surface area contributed by atoms with Crippen molar-refractivity contribution < 1.29 is 0 Å². The third-order valence-electron chi connectivity index (χ3n) is 4.05. The number of benzene rings is 2. The highest BCUT2D eigenvalue weighted by Crippen LogP contribution is 2.26. The lowest BCUT2D eigenvalue weighted by molar-refractivity contribution is 1.35. The summed E-state index contributed by atoms with van der Waals surface area (Å²) in [7, 11) is 0. The van der Waals surface area contributed by atoms with Gasteiger partial charge in [-0.05, 0) is 30.7 Å². The number of fused-ring (bicyclic) bond motifs is 3. The Kier molecular flexibility index (Phi) is 3.36. The lowest BCUT2D eigenvalue weighted by atomic mass is 10.1. The number of para-hydroxylation sites is 1. The number of nitrogens with zero attached hydrogens (tertiary/aromatic N) is 2. The Morgan fingerprint density at radius 3 is 2.58 bits per heavy atom. The molecule has 2 heterocycles. The molecule has 0 atom stereocenters. The summed E-state index contributed by atoms with van der Waals surface area (Å²) in [6.07, 6.45) is 1.75. The molecule has 0 aliphatic carbocycles. The molecule has 2 N–H and O–H groups in total. The minimum Gasteiger partial charge on any atom is -0.382 e. The predicted octanol–water partition coefficient (Wildman–Crippen LogP) is 4.07. The van der Waals surface area contributed by atoms with Crippen LogP contribution >= 0.6 is 0 Å². The molecule has 0 radical (unpaired) electrons. The van der Waals surface area contributed by atoms with Gasteiger partial charge in [-0.25, -0.2) is 4.98 Å². The van der Waals surface area contributed by atoms with E-state index in [1.165, 1.54) is 0 Å². The van der Waals surface area contributed by atoms with Gasteiger partial charge in [0.1, 0.15) is 5.52 Å². The van der Waals surface area contributed by atoms with Crippen LogP contribution in [0.15, 0.2) is 60.8 Å². The largest absolute Gasteiger partial charge is 0.382 e. The Bertz CT molecular complexity index is 1130. The lowest BCUT2D eigenvalue weighted by Gasteiger charge is -2.05. The fourth-order valence-electron chi connectivity index (χ4n) is 2.78. The van der Waals surface area contributed by atoms with Gasteiger partial charge in [0.15, 0.2) is 5.82 Å². The fraction of sp³-hybridized carbons (Fsp3) is 0.0476. The number of aryl methyl sites for hydroxylation is 1. The van der Waals surface area contributed by atoms with E-state index in [1.807, 2.05) is 48.5 Å². The monoisotopic (exact) mass is 309 g/mol. The number of nitrogens with two attached hydrogens (primary N) is 1. The summed E-state index contributed by atoms with van der Waals surface area (Å²) < 4.78 is 0. The third kappa shape index (κ3) is 2.45. The zero-order valence-electron chi connectivity index (χ0n) is 13.2. The third-order valence-corrected chi connectivity index (χ3v) is 4.05. The Hall–Kier alpha value is -3.38. The summed E-state index contributed by atoms with van der Waals surface area (Å²) in [5, 5.41) is 2.02. The van der Waals surface area contributed by atoms with E-state index in [1.54, 1.807) is 6.20 Å². The number of nitrogen functional groups attached to an aromatic ring is 1. The number of pyridine rings is 2. The number of anilines is 1. The highest BCUT2D eigenvalue weighted by atomic mass is 14.9. The van der Waals surface area contributed by atoms with Crippen molar-refractivity contribution in [2.45, 2.75) is 6.92 Å². The highest BCUT2D eigenvalue weighted by Gasteiger charge is 2.07. The van der Waals surface area contributed by atoms with Gasteiger partial charge in [-0.2, -0.15) is 0 Å². The molecule has 2 aromatic heterocycles. The minimum atomic E-state index is 0.446. The summed E-state index contributed by atoms with van der Waals surface area (Å²) in [5.41, 5.74) is 10.7. The van der Waals surface area contributed by atoms with Crippen molar-refractivity contribution in [2.24, 2.45) is 0 Å². The maximum absolute atomic E-state index is 6.05. The Labute approximate surface area is 140 Å². The average molecular weight is 309 g/mol. The summed E-state index contributed by atoms with van der Waals surface area (Å²) in [6.45, 7) is 2.06. The van der Waals surface area contributed by atoms with Crippen molar-refractivity contribution in [3.05, 3.63) is 77.5 Å². The second-order valence-corrected chi connectivity index (χ2v) is 5.70. The average Bonchev–Trinajstić information content (AvgIpc) is 2.61. The Morgan fingerprint density at radius 2 is 1.71 bits per heavy atom. The van der Waals surface area contributed by atoms with Gasteiger partial charge in [0, 0.05) is 28.1 Å². The van der Waals surface area contributed by atoms with Crippen LogP contribution in [-0.2, 0) is 0 Å². The molecule has 0 saturated carbocycles. The second kappa shape index (κ2) is 5.68. The van der Waals surface area contributed by atoms with Crippen LogP contribution < -0.4 is 5.73 Å². The van der Waals surface area contributed by atoms with E-state index in [-0.39, 0.29) is 0 Å². The van der Waals surface area contributed by atoms with Crippen LogP contribution in [-0.4, -0.2) is 9.97 Å². The molecular formula is C21H15N3. The first-order chi connectivity index (χ1) is 11.7. The number of aromatic nitrogens is 2. The number of hydrogen-bond acceptors (Lipinski definition) is 3. The van der Waals surface area contributed by atoms with E-state index in [2.05, 4.69) is 34.8 Å². The van der Waals surface area contributed by atoms with Crippen molar-refractivity contribution in [1.82, 2.24) is 9.97 Å². The minimum absolute atomic E-state index is 0.446. The summed E-state index contributed by atoms with van der Waals surface area (Å²) in [4.78, 5) is 8.89. The summed E-state index contributed by atoms with van der Waals surface area (Å²) >= 11 is 0. The molecule has 0 saturated heterocycles. The SMILES string of the molecule is Cc1ccccc1C#Cc1cnc2c(N)nc3ccccc3c2c1. The van der Waals surface area contributed by atoms with Gasteiger partial charge in [0.25, 0.3) is 0 Å². The van der Waals surface area contributed by atoms with Crippen LogP contribution in [0.4, 0.5) is 5.82 Å². The molecule has 0 amide bonds. The molecule has 4 aromatic rings. The van der Waals surface area contributed by atoms with Gasteiger partial charge >= 0.3 is 0 Å². The summed E-state index contributed by atoms with van der Waals surface area (Å²) in [5.74, 6) is 6.87. The maximum Gasteiger partial charge on any atom is 0.150 e. The Balaban J connectivity index is 1.90. The van der Waals surface area contributed by atoms with Crippen LogP contribution in [0.25, 0.3) is 21.8 Å². The smallest absolute Gasteiger partial charge is 0.150 e. The molecule has 0 fully saturated rings. The van der Waals surface area contributed by atoms with E-state index in [9.17, 15) is 0 Å². The van der Waals surface area contributed by atoms with Gasteiger partial charge in [-0.1, -0.05) is 48.2 Å². The normalized spacial score (nSPS) is 10.5. The highest BCUT2D eigenvalue weighted by molar-refractivity contribution is 6.08. The van der Waals surface area contributed by atoms with E-state index < -0.39 is 0 Å².